The second kappa shape index (κ2) is 5.58. The summed E-state index contributed by atoms with van der Waals surface area (Å²) in [5.41, 5.74) is 0. The highest BCUT2D eigenvalue weighted by molar-refractivity contribution is 14.1. The van der Waals surface area contributed by atoms with Crippen LogP contribution in [0.25, 0.3) is 0 Å². The number of allylic oxidation sites excluding steroid dienone is 1. The Labute approximate surface area is 135 Å². The standard InChI is InChI=1S/C9H7IS6/c1-4-5(10)14-8(13-4)9-15-6-7(16-9)12-3-2-11-6/h2-3H2,1H3. The maximum atomic E-state index is 2.45. The third-order valence-corrected chi connectivity index (χ3v) is 12.5. The van der Waals surface area contributed by atoms with Crippen molar-refractivity contribution in [2.45, 2.75) is 6.92 Å². The molecule has 7 heteroatoms. The Morgan fingerprint density at radius 1 is 0.812 bits per heavy atom. The molecule has 0 radical (unpaired) electrons. The van der Waals surface area contributed by atoms with Crippen molar-refractivity contribution in [1.82, 2.24) is 0 Å². The molecule has 3 heterocycles. The fraction of sp³-hybridized carbons (Fsp3) is 0.333. The zero-order chi connectivity index (χ0) is 11.1. The van der Waals surface area contributed by atoms with Crippen molar-refractivity contribution in [1.29, 1.82) is 0 Å². The minimum atomic E-state index is 1.27. The molecule has 0 fully saturated rings. The molecule has 0 saturated heterocycles. The summed E-state index contributed by atoms with van der Waals surface area (Å²) in [4.78, 5) is 1.46. The van der Waals surface area contributed by atoms with E-state index in [-0.39, 0.29) is 0 Å². The van der Waals surface area contributed by atoms with E-state index in [4.69, 9.17) is 0 Å². The molecule has 0 spiro atoms. The number of rotatable bonds is 0. The van der Waals surface area contributed by atoms with E-state index in [1.165, 1.54) is 27.8 Å². The second-order valence-electron chi connectivity index (χ2n) is 3.08. The molecule has 0 amide bonds. The maximum Gasteiger partial charge on any atom is 0.0717 e. The molecule has 16 heavy (non-hydrogen) atoms. The summed E-state index contributed by atoms with van der Waals surface area (Å²) in [7, 11) is 0. The SMILES string of the molecule is CC1=C(I)SC(=C2SC3=C(SCCS3)S2)S1. The molecule has 3 aliphatic rings. The Kier molecular flexibility index (Phi) is 4.55. The number of hydrogen-bond acceptors (Lipinski definition) is 6. The fourth-order valence-electron chi connectivity index (χ4n) is 1.24. The Morgan fingerprint density at radius 2 is 1.38 bits per heavy atom. The highest BCUT2D eigenvalue weighted by Gasteiger charge is 2.29. The molecule has 0 bridgehead atoms. The first-order valence-electron chi connectivity index (χ1n) is 4.56. The Bertz CT molecular complexity index is 399. The van der Waals surface area contributed by atoms with Crippen LogP contribution >= 0.6 is 93.2 Å². The van der Waals surface area contributed by atoms with Crippen LogP contribution in [-0.4, -0.2) is 11.5 Å². The molecule has 0 nitrogen and oxygen atoms in total. The third kappa shape index (κ3) is 2.65. The van der Waals surface area contributed by atoms with Gasteiger partial charge in [0.1, 0.15) is 0 Å². The lowest BCUT2D eigenvalue weighted by Crippen LogP contribution is -1.88. The topological polar surface area (TPSA) is 0 Å². The normalized spacial score (nSPS) is 25.9. The van der Waals surface area contributed by atoms with E-state index in [1.807, 2.05) is 70.6 Å². The number of thioether (sulfide) groups is 6. The molecule has 3 aliphatic heterocycles. The van der Waals surface area contributed by atoms with Gasteiger partial charge in [0, 0.05) is 16.4 Å². The van der Waals surface area contributed by atoms with Gasteiger partial charge in [-0.3, -0.25) is 0 Å². The van der Waals surface area contributed by atoms with E-state index in [9.17, 15) is 0 Å². The summed E-state index contributed by atoms with van der Waals surface area (Å²) in [6.07, 6.45) is 0. The predicted octanol–water partition coefficient (Wildman–Crippen LogP) is 6.30. The highest BCUT2D eigenvalue weighted by atomic mass is 127. The number of halogens is 1. The Hall–Kier alpha value is 2.05. The maximum absolute atomic E-state index is 2.45. The van der Waals surface area contributed by atoms with Crippen molar-refractivity contribution in [2.75, 3.05) is 11.5 Å². The molecule has 0 aromatic rings. The van der Waals surface area contributed by atoms with E-state index in [0.29, 0.717) is 0 Å². The first-order valence-corrected chi connectivity index (χ1v) is 10.9. The van der Waals surface area contributed by atoms with Gasteiger partial charge in [-0.25, -0.2) is 0 Å². The first kappa shape index (κ1) is 13.1. The van der Waals surface area contributed by atoms with Crippen LogP contribution in [0.5, 0.6) is 0 Å². The van der Waals surface area contributed by atoms with Gasteiger partial charge in [0.15, 0.2) is 0 Å². The third-order valence-electron chi connectivity index (χ3n) is 1.96. The molecule has 0 unspecified atom stereocenters. The second-order valence-corrected chi connectivity index (χ2v) is 12.4. The lowest BCUT2D eigenvalue weighted by molar-refractivity contribution is 1.56. The average Bonchev–Trinajstić information content (AvgIpc) is 2.83. The Balaban J connectivity index is 1.79. The average molecular weight is 434 g/mol. The van der Waals surface area contributed by atoms with Gasteiger partial charge < -0.3 is 0 Å². The van der Waals surface area contributed by atoms with Crippen LogP contribution in [0.1, 0.15) is 6.92 Å². The van der Waals surface area contributed by atoms with Crippen LogP contribution in [0.15, 0.2) is 24.8 Å². The van der Waals surface area contributed by atoms with Crippen LogP contribution in [0.2, 0.25) is 0 Å². The summed E-state index contributed by atoms with van der Waals surface area (Å²) >= 11 is 14.4. The van der Waals surface area contributed by atoms with Crippen molar-refractivity contribution in [3.8, 4) is 0 Å². The lowest BCUT2D eigenvalue weighted by atomic mass is 10.8. The van der Waals surface area contributed by atoms with Crippen molar-refractivity contribution in [3.05, 3.63) is 24.8 Å². The van der Waals surface area contributed by atoms with Crippen molar-refractivity contribution in [2.24, 2.45) is 0 Å². The van der Waals surface area contributed by atoms with Gasteiger partial charge in [0.05, 0.1) is 19.9 Å². The summed E-state index contributed by atoms with van der Waals surface area (Å²) < 4.78 is 7.53. The molecular formula is C9H7IS6. The van der Waals surface area contributed by atoms with Gasteiger partial charge in [-0.15, -0.1) is 23.5 Å². The van der Waals surface area contributed by atoms with E-state index >= 15 is 0 Å². The van der Waals surface area contributed by atoms with Crippen LogP contribution in [0.4, 0.5) is 0 Å². The monoisotopic (exact) mass is 434 g/mol. The summed E-state index contributed by atoms with van der Waals surface area (Å²) in [5, 5.41) is 0. The van der Waals surface area contributed by atoms with Crippen molar-refractivity contribution < 1.29 is 0 Å². The zero-order valence-corrected chi connectivity index (χ0v) is 15.3. The van der Waals surface area contributed by atoms with Gasteiger partial charge in [0.2, 0.25) is 0 Å². The molecule has 0 saturated carbocycles. The van der Waals surface area contributed by atoms with Crippen LogP contribution in [0.3, 0.4) is 0 Å². The molecule has 0 aliphatic carbocycles. The quantitative estimate of drug-likeness (QED) is 0.407. The molecule has 86 valence electrons. The molecule has 0 aromatic carbocycles. The predicted molar refractivity (Wildman–Crippen MR) is 96.1 cm³/mol. The largest absolute Gasteiger partial charge is 0.116 e. The Morgan fingerprint density at radius 3 is 1.88 bits per heavy atom. The van der Waals surface area contributed by atoms with Crippen LogP contribution < -0.4 is 0 Å². The van der Waals surface area contributed by atoms with E-state index in [1.54, 1.807) is 8.47 Å². The van der Waals surface area contributed by atoms with Gasteiger partial charge in [-0.1, -0.05) is 47.0 Å². The molecule has 0 aromatic heterocycles. The molecule has 0 N–H and O–H groups in total. The first-order chi connectivity index (χ1) is 7.74. The lowest BCUT2D eigenvalue weighted by Gasteiger charge is -2.08. The summed E-state index contributed by atoms with van der Waals surface area (Å²) in [6.45, 7) is 2.22. The fourth-order valence-corrected chi connectivity index (χ4v) is 11.2. The highest BCUT2D eigenvalue weighted by Crippen LogP contribution is 2.65. The van der Waals surface area contributed by atoms with E-state index < -0.39 is 0 Å². The molecule has 0 atom stereocenters. The van der Waals surface area contributed by atoms with Gasteiger partial charge >= 0.3 is 0 Å². The minimum absolute atomic E-state index is 1.27. The van der Waals surface area contributed by atoms with E-state index in [2.05, 4.69) is 29.5 Å². The van der Waals surface area contributed by atoms with Crippen molar-refractivity contribution in [3.63, 3.8) is 0 Å². The zero-order valence-electron chi connectivity index (χ0n) is 8.24. The molecular weight excluding hydrogens is 427 g/mol. The van der Waals surface area contributed by atoms with Gasteiger partial charge in [-0.2, -0.15) is 0 Å². The van der Waals surface area contributed by atoms with Crippen LogP contribution in [0, 0.1) is 0 Å². The van der Waals surface area contributed by atoms with Crippen molar-refractivity contribution >= 4 is 93.2 Å². The summed E-state index contributed by atoms with van der Waals surface area (Å²) in [5.74, 6) is 2.55. The van der Waals surface area contributed by atoms with Gasteiger partial charge in [0.25, 0.3) is 0 Å². The van der Waals surface area contributed by atoms with Crippen LogP contribution in [-0.2, 0) is 0 Å². The van der Waals surface area contributed by atoms with E-state index in [0.717, 1.165) is 0 Å². The molecule has 3 rings (SSSR count). The summed E-state index contributed by atoms with van der Waals surface area (Å²) in [6, 6.07) is 0. The number of hydrogen-bond donors (Lipinski definition) is 0. The smallest absolute Gasteiger partial charge is 0.0717 e. The van der Waals surface area contributed by atoms with Gasteiger partial charge in [-0.05, 0) is 29.5 Å². The minimum Gasteiger partial charge on any atom is -0.116 e.